The van der Waals surface area contributed by atoms with Crippen LogP contribution in [-0.2, 0) is 9.59 Å². The van der Waals surface area contributed by atoms with Crippen LogP contribution in [0.15, 0.2) is 52.2 Å². The number of nitrogens with zero attached hydrogens (tertiary/aromatic N) is 4. The minimum atomic E-state index is -0.311. The largest absolute Gasteiger partial charge is 0.461 e. The van der Waals surface area contributed by atoms with Crippen molar-refractivity contribution in [3.63, 3.8) is 0 Å². The quantitative estimate of drug-likeness (QED) is 0.455. The Morgan fingerprint density at radius 1 is 1.18 bits per heavy atom. The average molecular weight is 488 g/mol. The smallest absolute Gasteiger partial charge is 0.244 e. The zero-order valence-corrected chi connectivity index (χ0v) is 19.9. The van der Waals surface area contributed by atoms with Gasteiger partial charge in [-0.25, -0.2) is 0 Å². The van der Waals surface area contributed by atoms with Gasteiger partial charge in [0.05, 0.1) is 29.3 Å². The van der Waals surface area contributed by atoms with Crippen LogP contribution in [0.2, 0.25) is 5.02 Å². The molecule has 1 aliphatic rings. The third kappa shape index (κ3) is 5.78. The van der Waals surface area contributed by atoms with Gasteiger partial charge >= 0.3 is 0 Å². The number of carbonyl (C=O) groups is 2. The molecule has 0 atom stereocenters. The van der Waals surface area contributed by atoms with Crippen LogP contribution in [0.5, 0.6) is 0 Å². The number of benzene rings is 1. The molecule has 2 amide bonds. The number of nitrogens with one attached hydrogen (secondary N) is 1. The molecule has 0 radical (unpaired) electrons. The zero-order valence-electron chi connectivity index (χ0n) is 18.4. The summed E-state index contributed by atoms with van der Waals surface area (Å²) in [5, 5.41) is 12.6. The fraction of sp³-hybridized carbons (Fsp3) is 0.391. The van der Waals surface area contributed by atoms with Crippen molar-refractivity contribution in [3.8, 4) is 11.6 Å². The first-order valence-corrected chi connectivity index (χ1v) is 12.3. The highest BCUT2D eigenvalue weighted by Gasteiger charge is 2.26. The molecule has 0 aliphatic heterocycles. The molecule has 4 rings (SSSR count). The number of likely N-dealkylation sites (N-methyl/N-ethyl adjacent to an activating group) is 1. The summed E-state index contributed by atoms with van der Waals surface area (Å²) in [6, 6.07) is 11.0. The number of hydrogen-bond acceptors (Lipinski definition) is 6. The number of furan rings is 1. The molecule has 1 aliphatic carbocycles. The van der Waals surface area contributed by atoms with Gasteiger partial charge in [-0.15, -0.1) is 10.2 Å². The van der Waals surface area contributed by atoms with Gasteiger partial charge in [0.2, 0.25) is 17.6 Å². The van der Waals surface area contributed by atoms with E-state index in [-0.39, 0.29) is 30.2 Å². The van der Waals surface area contributed by atoms with E-state index >= 15 is 0 Å². The molecule has 10 heteroatoms. The van der Waals surface area contributed by atoms with Crippen molar-refractivity contribution >= 4 is 40.9 Å². The molecule has 1 N–H and O–H groups in total. The lowest BCUT2D eigenvalue weighted by molar-refractivity contribution is -0.131. The van der Waals surface area contributed by atoms with Gasteiger partial charge in [0.25, 0.3) is 0 Å². The molecule has 0 spiro atoms. The number of rotatable bonds is 8. The van der Waals surface area contributed by atoms with Crippen LogP contribution in [0.3, 0.4) is 0 Å². The molecule has 8 nitrogen and oxygen atoms in total. The van der Waals surface area contributed by atoms with Crippen molar-refractivity contribution in [1.82, 2.24) is 19.7 Å². The molecule has 0 unspecified atom stereocenters. The van der Waals surface area contributed by atoms with Crippen LogP contribution in [0.1, 0.15) is 38.1 Å². The molecule has 33 heavy (non-hydrogen) atoms. The summed E-state index contributed by atoms with van der Waals surface area (Å²) >= 11 is 7.41. The van der Waals surface area contributed by atoms with Crippen molar-refractivity contribution in [2.24, 2.45) is 0 Å². The fourth-order valence-corrected chi connectivity index (χ4v) is 5.04. The summed E-state index contributed by atoms with van der Waals surface area (Å²) < 4.78 is 7.68. The molecule has 0 bridgehead atoms. The normalized spacial score (nSPS) is 14.2. The maximum Gasteiger partial charge on any atom is 0.244 e. The Morgan fingerprint density at radius 2 is 1.97 bits per heavy atom. The van der Waals surface area contributed by atoms with Gasteiger partial charge in [-0.3, -0.25) is 14.2 Å². The highest BCUT2D eigenvalue weighted by molar-refractivity contribution is 7.99. The molecular formula is C23H26ClN5O3S. The van der Waals surface area contributed by atoms with Crippen LogP contribution >= 0.6 is 23.4 Å². The maximum atomic E-state index is 12.7. The predicted octanol–water partition coefficient (Wildman–Crippen LogP) is 4.89. The molecule has 0 saturated heterocycles. The second kappa shape index (κ2) is 10.9. The van der Waals surface area contributed by atoms with Crippen molar-refractivity contribution in [2.75, 3.05) is 24.7 Å². The highest BCUT2D eigenvalue weighted by Crippen LogP contribution is 2.35. The molecule has 1 aromatic carbocycles. The highest BCUT2D eigenvalue weighted by atomic mass is 35.5. The van der Waals surface area contributed by atoms with E-state index in [1.54, 1.807) is 37.6 Å². The Labute approximate surface area is 201 Å². The number of carbonyl (C=O) groups excluding carboxylic acids is 2. The standard InChI is InChI=1S/C23H26ClN5O3S/c1-28(14-20(30)25-18-11-6-5-10-17(18)24)21(31)15-33-23-27-26-22(19-12-7-13-32-19)29(23)16-8-3-2-4-9-16/h5-7,10-13,16H,2-4,8-9,14-15H2,1H3,(H,25,30). The Bertz CT molecular complexity index is 1100. The van der Waals surface area contributed by atoms with Gasteiger partial charge in [0, 0.05) is 13.1 Å². The lowest BCUT2D eigenvalue weighted by atomic mass is 9.95. The van der Waals surface area contributed by atoms with E-state index in [0.717, 1.165) is 25.7 Å². The fourth-order valence-electron chi connectivity index (χ4n) is 3.91. The summed E-state index contributed by atoms with van der Waals surface area (Å²) in [6.07, 6.45) is 7.27. The minimum absolute atomic E-state index is 0.0718. The summed E-state index contributed by atoms with van der Waals surface area (Å²) in [5.74, 6) is 1.02. The van der Waals surface area contributed by atoms with Crippen LogP contribution in [0.4, 0.5) is 5.69 Å². The van der Waals surface area contributed by atoms with E-state index in [0.29, 0.717) is 27.5 Å². The average Bonchev–Trinajstić information content (AvgIpc) is 3.49. The van der Waals surface area contributed by atoms with Crippen molar-refractivity contribution in [1.29, 1.82) is 0 Å². The number of halogens is 1. The Kier molecular flexibility index (Phi) is 7.72. The second-order valence-corrected chi connectivity index (χ2v) is 9.36. The monoisotopic (exact) mass is 487 g/mol. The van der Waals surface area contributed by atoms with Gasteiger partial charge in [-0.05, 0) is 37.1 Å². The molecular weight excluding hydrogens is 462 g/mol. The number of para-hydroxylation sites is 1. The molecule has 2 aromatic heterocycles. The Morgan fingerprint density at radius 3 is 2.70 bits per heavy atom. The van der Waals surface area contributed by atoms with Crippen molar-refractivity contribution in [2.45, 2.75) is 43.3 Å². The van der Waals surface area contributed by atoms with Crippen LogP contribution in [0.25, 0.3) is 11.6 Å². The van der Waals surface area contributed by atoms with Crippen molar-refractivity contribution in [3.05, 3.63) is 47.7 Å². The van der Waals surface area contributed by atoms with Gasteiger partial charge in [0.1, 0.15) is 0 Å². The van der Waals surface area contributed by atoms with Crippen LogP contribution in [-0.4, -0.2) is 50.8 Å². The third-order valence-corrected chi connectivity index (χ3v) is 6.88. The van der Waals surface area contributed by atoms with E-state index in [4.69, 9.17) is 16.0 Å². The molecule has 2 heterocycles. The number of thioether (sulfide) groups is 1. The third-order valence-electron chi connectivity index (χ3n) is 5.63. The zero-order chi connectivity index (χ0) is 23.2. The maximum absolute atomic E-state index is 12.7. The summed E-state index contributed by atoms with van der Waals surface area (Å²) in [5.41, 5.74) is 0.519. The van der Waals surface area contributed by atoms with Gasteiger partial charge in [0.15, 0.2) is 10.9 Å². The van der Waals surface area contributed by atoms with E-state index < -0.39 is 0 Å². The van der Waals surface area contributed by atoms with Gasteiger partial charge in [-0.2, -0.15) is 0 Å². The van der Waals surface area contributed by atoms with Crippen LogP contribution < -0.4 is 5.32 Å². The summed E-state index contributed by atoms with van der Waals surface area (Å²) in [4.78, 5) is 26.5. The molecule has 174 valence electrons. The number of hydrogen-bond donors (Lipinski definition) is 1. The first-order chi connectivity index (χ1) is 16.0. The van der Waals surface area contributed by atoms with Gasteiger partial charge in [-0.1, -0.05) is 54.8 Å². The lowest BCUT2D eigenvalue weighted by Gasteiger charge is -2.25. The summed E-state index contributed by atoms with van der Waals surface area (Å²) in [6.45, 7) is -0.0718. The van der Waals surface area contributed by atoms with Crippen LogP contribution in [0, 0.1) is 0 Å². The SMILES string of the molecule is CN(CC(=O)Nc1ccccc1Cl)C(=O)CSc1nnc(-c2ccco2)n1C1CCCCC1. The summed E-state index contributed by atoms with van der Waals surface area (Å²) in [7, 11) is 1.61. The first-order valence-electron chi connectivity index (χ1n) is 10.9. The van der Waals surface area contributed by atoms with E-state index in [1.807, 2.05) is 12.1 Å². The van der Waals surface area contributed by atoms with E-state index in [2.05, 4.69) is 20.1 Å². The van der Waals surface area contributed by atoms with Crippen molar-refractivity contribution < 1.29 is 14.0 Å². The molecule has 3 aromatic rings. The molecule has 1 saturated carbocycles. The number of anilines is 1. The van der Waals surface area contributed by atoms with E-state index in [1.165, 1.54) is 23.1 Å². The topological polar surface area (TPSA) is 93.3 Å². The Balaban J connectivity index is 1.39. The second-order valence-electron chi connectivity index (χ2n) is 8.01. The number of aromatic nitrogens is 3. The lowest BCUT2D eigenvalue weighted by Crippen LogP contribution is -2.36. The number of amides is 2. The first kappa shape index (κ1) is 23.4. The minimum Gasteiger partial charge on any atom is -0.461 e. The van der Waals surface area contributed by atoms with Gasteiger partial charge < -0.3 is 14.6 Å². The van der Waals surface area contributed by atoms with E-state index in [9.17, 15) is 9.59 Å². The Hall–Kier alpha value is -2.78. The predicted molar refractivity (Wildman–Crippen MR) is 128 cm³/mol. The molecule has 1 fully saturated rings.